The van der Waals surface area contributed by atoms with Gasteiger partial charge < -0.3 is 9.90 Å². The minimum absolute atomic E-state index is 0.0833. The second-order valence-corrected chi connectivity index (χ2v) is 3.89. The summed E-state index contributed by atoms with van der Waals surface area (Å²) in [5.41, 5.74) is 2.13. The molecular formula is C11H18O2Si. The molecule has 0 bridgehead atoms. The van der Waals surface area contributed by atoms with E-state index in [0.29, 0.717) is 11.7 Å². The maximum absolute atomic E-state index is 9.46. The lowest BCUT2D eigenvalue weighted by Gasteiger charge is -2.07. The Hall–Kier alpha value is -0.803. The molecule has 0 aliphatic rings. The van der Waals surface area contributed by atoms with Gasteiger partial charge in [-0.2, -0.15) is 0 Å². The van der Waals surface area contributed by atoms with E-state index in [4.69, 9.17) is 4.80 Å². The van der Waals surface area contributed by atoms with Crippen LogP contribution in [0.25, 0.3) is 0 Å². The Balaban J connectivity index is 0.000000500. The zero-order valence-corrected chi connectivity index (χ0v) is 10.2. The summed E-state index contributed by atoms with van der Waals surface area (Å²) in [4.78, 5) is 7.60. The lowest BCUT2D eigenvalue weighted by Crippen LogP contribution is -1.87. The average molecular weight is 210 g/mol. The molecule has 3 heteroatoms. The maximum atomic E-state index is 9.46. The summed E-state index contributed by atoms with van der Waals surface area (Å²) < 4.78 is 0. The first-order chi connectivity index (χ1) is 6.52. The van der Waals surface area contributed by atoms with Crippen LogP contribution < -0.4 is 0 Å². The molecule has 0 heterocycles. The quantitative estimate of drug-likeness (QED) is 0.699. The standard InChI is InChI=1S/C10H14O.CH4OSi/c1-7(2)9-5-4-8(3)6-10(9)11;1-3-2/h4-7,11H,1-3H3;2H,1H3. The summed E-state index contributed by atoms with van der Waals surface area (Å²) >= 11 is 0. The van der Waals surface area contributed by atoms with E-state index in [2.05, 4.69) is 13.8 Å². The topological polar surface area (TPSA) is 40.5 Å². The van der Waals surface area contributed by atoms with Gasteiger partial charge in [0.15, 0.2) is 0 Å². The van der Waals surface area contributed by atoms with Crippen molar-refractivity contribution in [1.29, 1.82) is 0 Å². The third-order valence-corrected chi connectivity index (χ3v) is 1.81. The molecule has 1 aromatic carbocycles. The van der Waals surface area contributed by atoms with E-state index < -0.39 is 0 Å². The summed E-state index contributed by atoms with van der Waals surface area (Å²) in [6.45, 7) is 7.83. The Labute approximate surface area is 88.5 Å². The predicted octanol–water partition coefficient (Wildman–Crippen LogP) is 2.47. The zero-order valence-electron chi connectivity index (χ0n) is 9.20. The molecular weight excluding hydrogens is 192 g/mol. The normalized spacial score (nSPS) is 9.57. The summed E-state index contributed by atoms with van der Waals surface area (Å²) in [6, 6.07) is 5.81. The molecule has 2 nitrogen and oxygen atoms in total. The van der Waals surface area contributed by atoms with Crippen LogP contribution in [0.4, 0.5) is 0 Å². The highest BCUT2D eigenvalue weighted by molar-refractivity contribution is 6.22. The van der Waals surface area contributed by atoms with Crippen LogP contribution in [0, 0.1) is 6.92 Å². The SMILES string of the molecule is C[Si]O.Cc1ccc(C(C)C)c(O)c1. The molecule has 0 atom stereocenters. The number of phenolic OH excluding ortho intramolecular Hbond substituents is 1. The second kappa shape index (κ2) is 6.62. The average Bonchev–Trinajstić information content (AvgIpc) is 2.04. The number of aromatic hydroxyl groups is 1. The van der Waals surface area contributed by atoms with Gasteiger partial charge in [-0.3, -0.25) is 0 Å². The van der Waals surface area contributed by atoms with E-state index in [-0.39, 0.29) is 9.76 Å². The number of aryl methyl sites for hydroxylation is 1. The number of benzene rings is 1. The van der Waals surface area contributed by atoms with Crippen LogP contribution in [0.15, 0.2) is 18.2 Å². The van der Waals surface area contributed by atoms with Gasteiger partial charge in [-0.1, -0.05) is 26.0 Å². The summed E-state index contributed by atoms with van der Waals surface area (Å²) in [6.07, 6.45) is 0. The van der Waals surface area contributed by atoms with E-state index in [1.165, 1.54) is 0 Å². The Morgan fingerprint density at radius 3 is 2.14 bits per heavy atom. The van der Waals surface area contributed by atoms with Gasteiger partial charge in [0.05, 0.1) is 0 Å². The Morgan fingerprint density at radius 2 is 1.79 bits per heavy atom. The molecule has 0 aliphatic heterocycles. The van der Waals surface area contributed by atoms with Gasteiger partial charge in [0.2, 0.25) is 9.76 Å². The van der Waals surface area contributed by atoms with E-state index >= 15 is 0 Å². The van der Waals surface area contributed by atoms with Crippen LogP contribution in [0.3, 0.4) is 0 Å². The van der Waals surface area contributed by atoms with Crippen molar-refractivity contribution in [3.05, 3.63) is 29.3 Å². The van der Waals surface area contributed by atoms with Crippen molar-refractivity contribution in [3.63, 3.8) is 0 Å². The van der Waals surface area contributed by atoms with Crippen LogP contribution in [-0.4, -0.2) is 19.7 Å². The van der Waals surface area contributed by atoms with Crippen LogP contribution >= 0.6 is 0 Å². The van der Waals surface area contributed by atoms with Crippen molar-refractivity contribution in [2.45, 2.75) is 33.2 Å². The lowest BCUT2D eigenvalue weighted by molar-refractivity contribution is 0.464. The number of phenols is 1. The third-order valence-electron chi connectivity index (χ3n) is 1.81. The van der Waals surface area contributed by atoms with Crippen molar-refractivity contribution in [2.24, 2.45) is 0 Å². The minimum atomic E-state index is 0.0833. The molecule has 0 amide bonds. The Kier molecular flexibility index (Phi) is 6.24. The molecule has 0 aromatic heterocycles. The largest absolute Gasteiger partial charge is 0.508 e. The predicted molar refractivity (Wildman–Crippen MR) is 60.8 cm³/mol. The molecule has 2 radical (unpaired) electrons. The monoisotopic (exact) mass is 210 g/mol. The molecule has 78 valence electrons. The van der Waals surface area contributed by atoms with Crippen molar-refractivity contribution in [2.75, 3.05) is 0 Å². The summed E-state index contributed by atoms with van der Waals surface area (Å²) in [5, 5.41) is 9.46. The fraction of sp³-hybridized carbons (Fsp3) is 0.455. The smallest absolute Gasteiger partial charge is 0.220 e. The first-order valence-corrected chi connectivity index (χ1v) is 6.08. The fourth-order valence-corrected chi connectivity index (χ4v) is 1.14. The van der Waals surface area contributed by atoms with Gasteiger partial charge in [0.25, 0.3) is 0 Å². The Morgan fingerprint density at radius 1 is 1.29 bits per heavy atom. The van der Waals surface area contributed by atoms with Gasteiger partial charge in [0, 0.05) is 0 Å². The van der Waals surface area contributed by atoms with Crippen molar-refractivity contribution >= 4 is 9.76 Å². The van der Waals surface area contributed by atoms with E-state index in [1.54, 1.807) is 12.6 Å². The van der Waals surface area contributed by atoms with Crippen molar-refractivity contribution in [3.8, 4) is 5.75 Å². The van der Waals surface area contributed by atoms with E-state index in [0.717, 1.165) is 11.1 Å². The molecule has 0 unspecified atom stereocenters. The molecule has 0 saturated heterocycles. The molecule has 14 heavy (non-hydrogen) atoms. The highest BCUT2D eigenvalue weighted by Crippen LogP contribution is 2.25. The molecule has 0 spiro atoms. The van der Waals surface area contributed by atoms with Gasteiger partial charge in [-0.05, 0) is 36.6 Å². The van der Waals surface area contributed by atoms with E-state index in [9.17, 15) is 5.11 Å². The fourth-order valence-electron chi connectivity index (χ4n) is 1.14. The number of hydrogen-bond acceptors (Lipinski definition) is 2. The molecule has 0 aliphatic carbocycles. The lowest BCUT2D eigenvalue weighted by atomic mass is 10.0. The van der Waals surface area contributed by atoms with Crippen molar-refractivity contribution < 1.29 is 9.90 Å². The molecule has 2 N–H and O–H groups in total. The van der Waals surface area contributed by atoms with Gasteiger partial charge in [-0.25, -0.2) is 0 Å². The molecule has 1 aromatic rings. The van der Waals surface area contributed by atoms with Gasteiger partial charge >= 0.3 is 0 Å². The van der Waals surface area contributed by atoms with E-state index in [1.807, 2.05) is 19.1 Å². The maximum Gasteiger partial charge on any atom is 0.220 e. The summed E-state index contributed by atoms with van der Waals surface area (Å²) in [5.74, 6) is 0.815. The van der Waals surface area contributed by atoms with Crippen LogP contribution in [-0.2, 0) is 0 Å². The van der Waals surface area contributed by atoms with Gasteiger partial charge in [0.1, 0.15) is 5.75 Å². The Bertz CT molecular complexity index is 272. The number of hydrogen-bond donors (Lipinski definition) is 2. The molecule has 0 saturated carbocycles. The van der Waals surface area contributed by atoms with Gasteiger partial charge in [-0.15, -0.1) is 0 Å². The second-order valence-electron chi connectivity index (χ2n) is 3.44. The highest BCUT2D eigenvalue weighted by atomic mass is 28.2. The summed E-state index contributed by atoms with van der Waals surface area (Å²) in [7, 11) is 0.0833. The first-order valence-electron chi connectivity index (χ1n) is 4.63. The van der Waals surface area contributed by atoms with Crippen molar-refractivity contribution in [1.82, 2.24) is 0 Å². The third kappa shape index (κ3) is 4.44. The van der Waals surface area contributed by atoms with Crippen LogP contribution in [0.1, 0.15) is 30.9 Å². The highest BCUT2D eigenvalue weighted by Gasteiger charge is 2.03. The van der Waals surface area contributed by atoms with Crippen LogP contribution in [0.2, 0.25) is 6.55 Å². The minimum Gasteiger partial charge on any atom is -0.508 e. The molecule has 1 rings (SSSR count). The first kappa shape index (κ1) is 13.2. The molecule has 0 fully saturated rings. The number of rotatable bonds is 1. The zero-order chi connectivity index (χ0) is 11.1. The van der Waals surface area contributed by atoms with Crippen LogP contribution in [0.5, 0.6) is 5.75 Å².